The van der Waals surface area contributed by atoms with Crippen LogP contribution in [0.15, 0.2) is 4.99 Å². The fourth-order valence-electron chi connectivity index (χ4n) is 4.40. The van der Waals surface area contributed by atoms with E-state index in [1.807, 2.05) is 0 Å². The van der Waals surface area contributed by atoms with Gasteiger partial charge >= 0.3 is 0 Å². The molecule has 3 rings (SSSR count). The van der Waals surface area contributed by atoms with Crippen LogP contribution < -0.4 is 10.6 Å². The fraction of sp³-hybridized carbons (Fsp3) is 0.857. The van der Waals surface area contributed by atoms with E-state index in [-0.39, 0.29) is 24.0 Å². The van der Waals surface area contributed by atoms with Crippen LogP contribution >= 0.6 is 24.0 Å². The number of aliphatic imine (C=N–C) groups is 1. The first kappa shape index (κ1) is 23.4. The molecule has 6 nitrogen and oxygen atoms in total. The van der Waals surface area contributed by atoms with Crippen molar-refractivity contribution in [3.05, 3.63) is 11.6 Å². The number of aromatic nitrogens is 3. The molecule has 1 aliphatic heterocycles. The number of nitrogens with one attached hydrogen (secondary N) is 2. The number of rotatable bonds is 9. The third-order valence-corrected chi connectivity index (χ3v) is 5.92. The maximum absolute atomic E-state index is 4.75. The highest BCUT2D eigenvalue weighted by atomic mass is 127. The smallest absolute Gasteiger partial charge is 0.191 e. The van der Waals surface area contributed by atoms with Crippen molar-refractivity contribution >= 4 is 29.9 Å². The van der Waals surface area contributed by atoms with Gasteiger partial charge in [0, 0.05) is 39.0 Å². The van der Waals surface area contributed by atoms with Crippen molar-refractivity contribution in [2.24, 2.45) is 10.9 Å². The minimum Gasteiger partial charge on any atom is -0.357 e. The quantitative estimate of drug-likeness (QED) is 0.231. The SMILES string of the molecule is CCNC(=NCCCc1nnc2n1CCCCC2)NCCCC1CCCC1.I. The molecule has 0 spiro atoms. The monoisotopic (exact) mass is 502 g/mol. The molecule has 1 aromatic rings. The van der Waals surface area contributed by atoms with Gasteiger partial charge in [-0.15, -0.1) is 34.2 Å². The van der Waals surface area contributed by atoms with Crippen molar-refractivity contribution in [2.45, 2.75) is 90.5 Å². The molecule has 1 aromatic heterocycles. The summed E-state index contributed by atoms with van der Waals surface area (Å²) in [4.78, 5) is 4.75. The predicted octanol–water partition coefficient (Wildman–Crippen LogP) is 4.08. The predicted molar refractivity (Wildman–Crippen MR) is 126 cm³/mol. The van der Waals surface area contributed by atoms with Crippen molar-refractivity contribution in [3.63, 3.8) is 0 Å². The summed E-state index contributed by atoms with van der Waals surface area (Å²) in [5.74, 6) is 4.27. The number of nitrogens with zero attached hydrogens (tertiary/aromatic N) is 4. The maximum Gasteiger partial charge on any atom is 0.191 e. The topological polar surface area (TPSA) is 67.1 Å². The summed E-state index contributed by atoms with van der Waals surface area (Å²) in [6, 6.07) is 0. The Morgan fingerprint density at radius 1 is 1.07 bits per heavy atom. The van der Waals surface area contributed by atoms with Crippen LogP contribution in [0, 0.1) is 5.92 Å². The number of halogens is 1. The van der Waals surface area contributed by atoms with Crippen LogP contribution in [0.4, 0.5) is 0 Å². The number of hydrogen-bond donors (Lipinski definition) is 2. The summed E-state index contributed by atoms with van der Waals surface area (Å²) in [5.41, 5.74) is 0. The van der Waals surface area contributed by atoms with Crippen LogP contribution in [0.2, 0.25) is 0 Å². The highest BCUT2D eigenvalue weighted by Crippen LogP contribution is 2.28. The van der Waals surface area contributed by atoms with Gasteiger partial charge in [0.05, 0.1) is 0 Å². The first-order valence-electron chi connectivity index (χ1n) is 11.3. The Morgan fingerprint density at radius 3 is 2.75 bits per heavy atom. The Balaban J connectivity index is 0.00000280. The lowest BCUT2D eigenvalue weighted by atomic mass is 10.0. The Kier molecular flexibility index (Phi) is 11.2. The lowest BCUT2D eigenvalue weighted by molar-refractivity contribution is 0.481. The van der Waals surface area contributed by atoms with E-state index in [1.165, 1.54) is 63.6 Å². The van der Waals surface area contributed by atoms with Gasteiger partial charge < -0.3 is 15.2 Å². The zero-order valence-electron chi connectivity index (χ0n) is 17.6. The van der Waals surface area contributed by atoms with Crippen molar-refractivity contribution in [2.75, 3.05) is 19.6 Å². The van der Waals surface area contributed by atoms with Crippen molar-refractivity contribution in [1.29, 1.82) is 0 Å². The van der Waals surface area contributed by atoms with Crippen molar-refractivity contribution in [1.82, 2.24) is 25.4 Å². The summed E-state index contributed by atoms with van der Waals surface area (Å²) in [7, 11) is 0. The molecule has 0 saturated heterocycles. The summed E-state index contributed by atoms with van der Waals surface area (Å²) in [6.45, 7) is 5.99. The second kappa shape index (κ2) is 13.4. The van der Waals surface area contributed by atoms with E-state index in [9.17, 15) is 0 Å². The first-order valence-corrected chi connectivity index (χ1v) is 11.3. The van der Waals surface area contributed by atoms with Gasteiger partial charge in [0.2, 0.25) is 0 Å². The maximum atomic E-state index is 4.75. The average Bonchev–Trinajstić information content (AvgIpc) is 3.27. The molecule has 0 radical (unpaired) electrons. The zero-order chi connectivity index (χ0) is 18.7. The standard InChI is InChI=1S/C21H38N6.HI/c1-2-22-21(23-15-8-12-18-10-5-6-11-18)24-16-9-14-20-26-25-19-13-4-3-7-17-27(19)20;/h18H,2-17H2,1H3,(H2,22,23,24);1H. The molecule has 160 valence electrons. The fourth-order valence-corrected chi connectivity index (χ4v) is 4.40. The molecule has 0 aromatic carbocycles. The summed E-state index contributed by atoms with van der Waals surface area (Å²) < 4.78 is 2.35. The number of hydrogen-bond acceptors (Lipinski definition) is 3. The lowest BCUT2D eigenvalue weighted by Crippen LogP contribution is -2.38. The number of aryl methyl sites for hydroxylation is 2. The van der Waals surface area contributed by atoms with Gasteiger partial charge in [-0.25, -0.2) is 0 Å². The Hall–Kier alpha value is -0.860. The molecule has 7 heteroatoms. The third kappa shape index (κ3) is 7.52. The molecule has 0 amide bonds. The minimum absolute atomic E-state index is 0. The molecule has 0 atom stereocenters. The first-order chi connectivity index (χ1) is 13.4. The highest BCUT2D eigenvalue weighted by Gasteiger charge is 2.15. The van der Waals surface area contributed by atoms with E-state index in [2.05, 4.69) is 32.3 Å². The summed E-state index contributed by atoms with van der Waals surface area (Å²) >= 11 is 0. The van der Waals surface area contributed by atoms with Crippen LogP contribution in [0.3, 0.4) is 0 Å². The van der Waals surface area contributed by atoms with Gasteiger partial charge in [-0.1, -0.05) is 32.1 Å². The summed E-state index contributed by atoms with van der Waals surface area (Å²) in [5, 5.41) is 15.7. The molecular weight excluding hydrogens is 463 g/mol. The number of fused-ring (bicyclic) bond motifs is 1. The van der Waals surface area contributed by atoms with E-state index >= 15 is 0 Å². The molecule has 1 saturated carbocycles. The Morgan fingerprint density at radius 2 is 1.93 bits per heavy atom. The minimum atomic E-state index is 0. The number of guanidine groups is 1. The van der Waals surface area contributed by atoms with Crippen molar-refractivity contribution in [3.8, 4) is 0 Å². The second-order valence-corrected chi connectivity index (χ2v) is 8.08. The molecule has 28 heavy (non-hydrogen) atoms. The molecule has 1 aliphatic carbocycles. The average molecular weight is 502 g/mol. The van der Waals surface area contributed by atoms with E-state index in [0.717, 1.165) is 63.1 Å². The van der Waals surface area contributed by atoms with Crippen LogP contribution in [0.5, 0.6) is 0 Å². The van der Waals surface area contributed by atoms with E-state index in [1.54, 1.807) is 0 Å². The lowest BCUT2D eigenvalue weighted by Gasteiger charge is -2.13. The zero-order valence-corrected chi connectivity index (χ0v) is 19.9. The van der Waals surface area contributed by atoms with Gasteiger partial charge in [0.1, 0.15) is 11.6 Å². The second-order valence-electron chi connectivity index (χ2n) is 8.08. The molecule has 1 fully saturated rings. The Bertz CT molecular complexity index is 579. The molecule has 2 N–H and O–H groups in total. The van der Waals surface area contributed by atoms with Gasteiger partial charge in [0.15, 0.2) is 5.96 Å². The van der Waals surface area contributed by atoms with Gasteiger partial charge in [-0.2, -0.15) is 0 Å². The molecular formula is C21H39IN6. The summed E-state index contributed by atoms with van der Waals surface area (Å²) in [6.07, 6.45) is 15.3. The third-order valence-electron chi connectivity index (χ3n) is 5.92. The molecule has 2 aliphatic rings. The van der Waals surface area contributed by atoms with Crippen LogP contribution in [-0.2, 0) is 19.4 Å². The van der Waals surface area contributed by atoms with Gasteiger partial charge in [0.25, 0.3) is 0 Å². The Labute approximate surface area is 187 Å². The normalized spacial score (nSPS) is 17.7. The van der Waals surface area contributed by atoms with Crippen LogP contribution in [-0.4, -0.2) is 40.4 Å². The van der Waals surface area contributed by atoms with Crippen LogP contribution in [0.25, 0.3) is 0 Å². The van der Waals surface area contributed by atoms with E-state index in [0.29, 0.717) is 0 Å². The van der Waals surface area contributed by atoms with Gasteiger partial charge in [-0.3, -0.25) is 4.99 Å². The molecule has 0 bridgehead atoms. The van der Waals surface area contributed by atoms with E-state index in [4.69, 9.17) is 4.99 Å². The van der Waals surface area contributed by atoms with Crippen LogP contribution in [0.1, 0.15) is 82.8 Å². The molecule has 0 unspecified atom stereocenters. The molecule has 2 heterocycles. The van der Waals surface area contributed by atoms with Gasteiger partial charge in [-0.05, 0) is 44.9 Å². The highest BCUT2D eigenvalue weighted by molar-refractivity contribution is 14.0. The van der Waals surface area contributed by atoms with Crippen molar-refractivity contribution < 1.29 is 0 Å². The van der Waals surface area contributed by atoms with E-state index < -0.39 is 0 Å². The largest absolute Gasteiger partial charge is 0.357 e.